The standard InChI is InChI=1S/C12H17NO2/c1-10(14-2)11-4-6-12(7-5-11)13-8-3-9-15-13/h4-7,10H,3,8-9H2,1-2H3. The lowest BCUT2D eigenvalue weighted by molar-refractivity contribution is 0.119. The van der Waals surface area contributed by atoms with E-state index in [0.717, 1.165) is 25.3 Å². The Morgan fingerprint density at radius 2 is 2.07 bits per heavy atom. The van der Waals surface area contributed by atoms with Crippen LogP contribution in [0.5, 0.6) is 0 Å². The summed E-state index contributed by atoms with van der Waals surface area (Å²) >= 11 is 0. The van der Waals surface area contributed by atoms with E-state index in [1.165, 1.54) is 5.56 Å². The van der Waals surface area contributed by atoms with Crippen molar-refractivity contribution in [1.29, 1.82) is 0 Å². The van der Waals surface area contributed by atoms with Crippen molar-refractivity contribution in [2.75, 3.05) is 25.3 Å². The third-order valence-electron chi connectivity index (χ3n) is 2.76. The minimum atomic E-state index is 0.151. The molecule has 1 aromatic carbocycles. The summed E-state index contributed by atoms with van der Waals surface area (Å²) in [7, 11) is 1.72. The van der Waals surface area contributed by atoms with Gasteiger partial charge < -0.3 is 4.74 Å². The Labute approximate surface area is 90.6 Å². The molecule has 3 heteroatoms. The van der Waals surface area contributed by atoms with Crippen LogP contribution in [0.15, 0.2) is 24.3 Å². The van der Waals surface area contributed by atoms with E-state index in [-0.39, 0.29) is 6.10 Å². The Hall–Kier alpha value is -1.06. The van der Waals surface area contributed by atoms with Gasteiger partial charge >= 0.3 is 0 Å². The van der Waals surface area contributed by atoms with Gasteiger partial charge in [-0.1, -0.05) is 12.1 Å². The van der Waals surface area contributed by atoms with Crippen LogP contribution >= 0.6 is 0 Å². The van der Waals surface area contributed by atoms with E-state index in [1.807, 2.05) is 12.0 Å². The molecule has 1 atom stereocenters. The zero-order valence-electron chi connectivity index (χ0n) is 9.27. The van der Waals surface area contributed by atoms with Gasteiger partial charge in [-0.15, -0.1) is 0 Å². The first-order chi connectivity index (χ1) is 7.31. The Morgan fingerprint density at radius 1 is 1.33 bits per heavy atom. The Balaban J connectivity index is 2.09. The lowest BCUT2D eigenvalue weighted by atomic mass is 10.1. The molecule has 15 heavy (non-hydrogen) atoms. The van der Waals surface area contributed by atoms with Gasteiger partial charge in [0.05, 0.1) is 18.4 Å². The number of benzene rings is 1. The number of methoxy groups -OCH3 is 1. The van der Waals surface area contributed by atoms with Crippen molar-refractivity contribution in [2.24, 2.45) is 0 Å². The van der Waals surface area contributed by atoms with Crippen molar-refractivity contribution in [3.05, 3.63) is 29.8 Å². The van der Waals surface area contributed by atoms with Crippen LogP contribution in [0.25, 0.3) is 0 Å². The fourth-order valence-corrected chi connectivity index (χ4v) is 1.70. The van der Waals surface area contributed by atoms with E-state index in [2.05, 4.69) is 24.3 Å². The van der Waals surface area contributed by atoms with E-state index < -0.39 is 0 Å². The monoisotopic (exact) mass is 207 g/mol. The summed E-state index contributed by atoms with van der Waals surface area (Å²) in [6.07, 6.45) is 1.26. The molecule has 1 heterocycles. The third kappa shape index (κ3) is 2.30. The third-order valence-corrected chi connectivity index (χ3v) is 2.76. The largest absolute Gasteiger partial charge is 0.377 e. The summed E-state index contributed by atoms with van der Waals surface area (Å²) in [6.45, 7) is 3.86. The zero-order chi connectivity index (χ0) is 10.7. The van der Waals surface area contributed by atoms with Crippen LogP contribution in [0.3, 0.4) is 0 Å². The first-order valence-electron chi connectivity index (χ1n) is 5.34. The molecule has 3 nitrogen and oxygen atoms in total. The molecule has 1 saturated heterocycles. The molecule has 0 amide bonds. The highest BCUT2D eigenvalue weighted by molar-refractivity contribution is 5.46. The van der Waals surface area contributed by atoms with Gasteiger partial charge in [0, 0.05) is 13.7 Å². The maximum Gasteiger partial charge on any atom is 0.0793 e. The quantitative estimate of drug-likeness (QED) is 0.760. The second-order valence-electron chi connectivity index (χ2n) is 3.76. The Kier molecular flexibility index (Phi) is 3.23. The maximum absolute atomic E-state index is 5.47. The normalized spacial score (nSPS) is 18.1. The summed E-state index contributed by atoms with van der Waals surface area (Å²) in [5.41, 5.74) is 2.32. The van der Waals surface area contributed by atoms with Gasteiger partial charge in [-0.25, -0.2) is 0 Å². The minimum Gasteiger partial charge on any atom is -0.377 e. The molecule has 0 bridgehead atoms. The Morgan fingerprint density at radius 3 is 2.60 bits per heavy atom. The highest BCUT2D eigenvalue weighted by Crippen LogP contribution is 2.22. The van der Waals surface area contributed by atoms with E-state index in [4.69, 9.17) is 9.57 Å². The van der Waals surface area contributed by atoms with Gasteiger partial charge in [0.15, 0.2) is 0 Å². The van der Waals surface area contributed by atoms with Crippen molar-refractivity contribution in [1.82, 2.24) is 0 Å². The predicted octanol–water partition coefficient (Wildman–Crippen LogP) is 2.54. The van der Waals surface area contributed by atoms with Crippen molar-refractivity contribution in [3.63, 3.8) is 0 Å². The van der Waals surface area contributed by atoms with Crippen molar-refractivity contribution in [2.45, 2.75) is 19.4 Å². The first-order valence-corrected chi connectivity index (χ1v) is 5.34. The number of hydroxylamine groups is 1. The van der Waals surface area contributed by atoms with Crippen LogP contribution in [0.2, 0.25) is 0 Å². The molecule has 0 N–H and O–H groups in total. The van der Waals surface area contributed by atoms with Crippen LogP contribution in [-0.2, 0) is 9.57 Å². The van der Waals surface area contributed by atoms with E-state index >= 15 is 0 Å². The number of hydrogen-bond acceptors (Lipinski definition) is 3. The van der Waals surface area contributed by atoms with Gasteiger partial charge in [0.25, 0.3) is 0 Å². The van der Waals surface area contributed by atoms with Crippen molar-refractivity contribution >= 4 is 5.69 Å². The average molecular weight is 207 g/mol. The number of rotatable bonds is 3. The molecule has 1 unspecified atom stereocenters. The van der Waals surface area contributed by atoms with Crippen LogP contribution in [0, 0.1) is 0 Å². The number of anilines is 1. The number of hydrogen-bond donors (Lipinski definition) is 0. The number of nitrogens with zero attached hydrogens (tertiary/aromatic N) is 1. The molecular formula is C12H17NO2. The highest BCUT2D eigenvalue weighted by atomic mass is 16.7. The lowest BCUT2D eigenvalue weighted by Crippen LogP contribution is -2.15. The molecule has 0 aliphatic carbocycles. The first kappa shape index (κ1) is 10.5. The second-order valence-corrected chi connectivity index (χ2v) is 3.76. The summed E-state index contributed by atoms with van der Waals surface area (Å²) in [4.78, 5) is 5.47. The fraction of sp³-hybridized carbons (Fsp3) is 0.500. The highest BCUT2D eigenvalue weighted by Gasteiger charge is 2.13. The predicted molar refractivity (Wildman–Crippen MR) is 59.8 cm³/mol. The van der Waals surface area contributed by atoms with Crippen LogP contribution in [0.1, 0.15) is 25.0 Å². The average Bonchev–Trinajstić information content (AvgIpc) is 2.82. The SMILES string of the molecule is COC(C)c1ccc(N2CCCO2)cc1. The molecule has 1 fully saturated rings. The Bertz CT molecular complexity index is 304. The van der Waals surface area contributed by atoms with Crippen molar-refractivity contribution in [3.8, 4) is 0 Å². The van der Waals surface area contributed by atoms with Gasteiger partial charge in [0.2, 0.25) is 0 Å². The summed E-state index contributed by atoms with van der Waals surface area (Å²) in [5.74, 6) is 0. The topological polar surface area (TPSA) is 21.7 Å². The second kappa shape index (κ2) is 4.64. The van der Waals surface area contributed by atoms with Gasteiger partial charge in [-0.2, -0.15) is 0 Å². The molecule has 0 radical (unpaired) electrons. The number of ether oxygens (including phenoxy) is 1. The van der Waals surface area contributed by atoms with Crippen LogP contribution in [-0.4, -0.2) is 20.3 Å². The lowest BCUT2D eigenvalue weighted by Gasteiger charge is -2.17. The molecule has 1 aliphatic rings. The molecule has 2 rings (SSSR count). The summed E-state index contributed by atoms with van der Waals surface area (Å²) in [5, 5.41) is 1.95. The zero-order valence-corrected chi connectivity index (χ0v) is 9.27. The summed E-state index contributed by atoms with van der Waals surface area (Å²) < 4.78 is 5.26. The van der Waals surface area contributed by atoms with Gasteiger partial charge in [0.1, 0.15) is 0 Å². The smallest absolute Gasteiger partial charge is 0.0793 e. The maximum atomic E-state index is 5.47. The minimum absolute atomic E-state index is 0.151. The molecule has 82 valence electrons. The van der Waals surface area contributed by atoms with Crippen LogP contribution < -0.4 is 5.06 Å². The van der Waals surface area contributed by atoms with Gasteiger partial charge in [-0.3, -0.25) is 9.90 Å². The van der Waals surface area contributed by atoms with E-state index in [9.17, 15) is 0 Å². The summed E-state index contributed by atoms with van der Waals surface area (Å²) in [6, 6.07) is 8.34. The van der Waals surface area contributed by atoms with Crippen molar-refractivity contribution < 1.29 is 9.57 Å². The molecule has 0 aromatic heterocycles. The van der Waals surface area contributed by atoms with Gasteiger partial charge in [-0.05, 0) is 31.0 Å². The van der Waals surface area contributed by atoms with E-state index in [0.29, 0.717) is 0 Å². The fourth-order valence-electron chi connectivity index (χ4n) is 1.70. The molecule has 0 saturated carbocycles. The molecular weight excluding hydrogens is 190 g/mol. The van der Waals surface area contributed by atoms with Crippen LogP contribution in [0.4, 0.5) is 5.69 Å². The molecule has 1 aromatic rings. The molecule has 1 aliphatic heterocycles. The molecule has 0 spiro atoms. The van der Waals surface area contributed by atoms with E-state index in [1.54, 1.807) is 7.11 Å².